The van der Waals surface area contributed by atoms with Crippen LogP contribution in [-0.4, -0.2) is 65.1 Å². The minimum atomic E-state index is -1.73. The fraction of sp³-hybridized carbons (Fsp3) is 0.310. The fourth-order valence-corrected chi connectivity index (χ4v) is 5.04. The van der Waals surface area contributed by atoms with Crippen LogP contribution >= 0.6 is 23.2 Å². The van der Waals surface area contributed by atoms with Crippen molar-refractivity contribution in [2.75, 3.05) is 26.4 Å². The van der Waals surface area contributed by atoms with E-state index >= 15 is 0 Å². The molecule has 2 atom stereocenters. The molecule has 4 N–H and O–H groups in total. The van der Waals surface area contributed by atoms with Crippen LogP contribution in [0.5, 0.6) is 5.75 Å². The van der Waals surface area contributed by atoms with E-state index in [9.17, 15) is 15.0 Å². The maximum absolute atomic E-state index is 14.2. The number of azide groups is 1. The molecule has 0 saturated heterocycles. The largest absolute Gasteiger partial charge is 0.494 e. The van der Waals surface area contributed by atoms with Crippen LogP contribution in [0.3, 0.4) is 0 Å². The summed E-state index contributed by atoms with van der Waals surface area (Å²) >= 11 is 12.8. The van der Waals surface area contributed by atoms with E-state index in [1.54, 1.807) is 60.7 Å². The lowest BCUT2D eigenvalue weighted by molar-refractivity contribution is -0.130. The average molecular weight is 614 g/mol. The lowest BCUT2D eigenvalue weighted by Gasteiger charge is -2.32. The zero-order chi connectivity index (χ0) is 30.1. The number of carbonyl (C=O) groups excluding carboxylic acids is 1. The third kappa shape index (κ3) is 6.96. The lowest BCUT2D eigenvalue weighted by atomic mass is 9.81. The van der Waals surface area contributed by atoms with Crippen LogP contribution in [0, 0.1) is 0 Å². The summed E-state index contributed by atoms with van der Waals surface area (Å²) in [4.78, 5) is 21.9. The molecule has 0 spiro atoms. The molecule has 4 rings (SSSR count). The fourth-order valence-electron chi connectivity index (χ4n) is 4.53. The summed E-state index contributed by atoms with van der Waals surface area (Å²) in [6.45, 7) is -0.683. The van der Waals surface area contributed by atoms with Crippen LogP contribution < -0.4 is 10.1 Å². The van der Waals surface area contributed by atoms with Crippen molar-refractivity contribution in [3.05, 3.63) is 104 Å². The van der Waals surface area contributed by atoms with Gasteiger partial charge in [-0.25, -0.2) is 4.99 Å². The van der Waals surface area contributed by atoms with Crippen LogP contribution in [0.1, 0.15) is 29.2 Å². The van der Waals surface area contributed by atoms with Gasteiger partial charge in [-0.1, -0.05) is 58.6 Å². The monoisotopic (exact) mass is 613 g/mol. The molecular weight excluding hydrogens is 585 g/mol. The number of halogens is 2. The van der Waals surface area contributed by atoms with Gasteiger partial charge in [-0.05, 0) is 47.5 Å². The first-order chi connectivity index (χ1) is 20.3. The van der Waals surface area contributed by atoms with Gasteiger partial charge in [0.2, 0.25) is 5.90 Å². The summed E-state index contributed by atoms with van der Waals surface area (Å²) < 4.78 is 12.0. The molecule has 1 aliphatic heterocycles. The molecular formula is C29H29Cl2N5O6. The van der Waals surface area contributed by atoms with Gasteiger partial charge in [-0.2, -0.15) is 0 Å². The highest BCUT2D eigenvalue weighted by Crippen LogP contribution is 2.46. The van der Waals surface area contributed by atoms with Crippen molar-refractivity contribution in [2.45, 2.75) is 30.5 Å². The van der Waals surface area contributed by atoms with Crippen molar-refractivity contribution in [2.24, 2.45) is 10.1 Å². The van der Waals surface area contributed by atoms with Crippen LogP contribution in [0.4, 0.5) is 5.69 Å². The summed E-state index contributed by atoms with van der Waals surface area (Å²) in [7, 11) is 0. The second-order valence-electron chi connectivity index (χ2n) is 9.49. The Labute approximate surface area is 252 Å². The number of ether oxygens (including phenoxy) is 2. The van der Waals surface area contributed by atoms with Gasteiger partial charge in [0, 0.05) is 51.2 Å². The van der Waals surface area contributed by atoms with E-state index in [0.717, 1.165) is 0 Å². The lowest BCUT2D eigenvalue weighted by Crippen LogP contribution is -2.54. The van der Waals surface area contributed by atoms with Crippen LogP contribution in [-0.2, 0) is 16.0 Å². The highest BCUT2D eigenvalue weighted by Gasteiger charge is 2.54. The van der Waals surface area contributed by atoms with Gasteiger partial charge in [-0.15, -0.1) is 0 Å². The third-order valence-corrected chi connectivity index (χ3v) is 7.22. The molecule has 13 heteroatoms. The molecule has 0 radical (unpaired) electrons. The van der Waals surface area contributed by atoms with Crippen molar-refractivity contribution in [1.82, 2.24) is 5.32 Å². The highest BCUT2D eigenvalue weighted by molar-refractivity contribution is 6.35. The molecule has 0 unspecified atom stereocenters. The second-order valence-corrected chi connectivity index (χ2v) is 10.3. The van der Waals surface area contributed by atoms with E-state index < -0.39 is 36.8 Å². The molecule has 3 aromatic carbocycles. The zero-order valence-corrected chi connectivity index (χ0v) is 23.9. The summed E-state index contributed by atoms with van der Waals surface area (Å²) in [5.41, 5.74) is 9.18. The number of benzene rings is 3. The van der Waals surface area contributed by atoms with Crippen molar-refractivity contribution >= 4 is 40.7 Å². The first kappa shape index (κ1) is 31.1. The topological polar surface area (TPSA) is 169 Å². The Balaban J connectivity index is 1.87. The predicted octanol–water partition coefficient (Wildman–Crippen LogP) is 4.67. The summed E-state index contributed by atoms with van der Waals surface area (Å²) in [5.74, 6) is 0.0549. The number of carbonyl (C=O) groups is 1. The molecule has 0 saturated carbocycles. The normalized spacial score (nSPS) is 17.8. The van der Waals surface area contributed by atoms with Gasteiger partial charge >= 0.3 is 0 Å². The van der Waals surface area contributed by atoms with Gasteiger partial charge in [0.15, 0.2) is 11.6 Å². The number of rotatable bonds is 13. The Morgan fingerprint density at radius 1 is 1.12 bits per heavy atom. The molecule has 0 fully saturated rings. The molecule has 0 aliphatic carbocycles. The Bertz CT molecular complexity index is 1480. The Morgan fingerprint density at radius 2 is 1.86 bits per heavy atom. The molecule has 1 heterocycles. The van der Waals surface area contributed by atoms with Crippen molar-refractivity contribution < 1.29 is 29.6 Å². The van der Waals surface area contributed by atoms with Gasteiger partial charge in [-0.3, -0.25) is 4.79 Å². The second kappa shape index (κ2) is 14.4. The number of aliphatic hydroxyl groups excluding tert-OH is 3. The van der Waals surface area contributed by atoms with E-state index in [4.69, 9.17) is 48.3 Å². The standard InChI is InChI=1S/C29H29Cl2N5O6/c30-20-8-11-23(24(31)14-20)26-29(28(40)33-21(16-38)17-39,15-19-4-1-2-5-25(19)35-36-32)34-27(42-26)18-6-9-22(10-7-18)41-13-3-12-37/h1-2,4-11,14,21,26,37-39H,3,12-13,15-17H2,(H,33,40)/t26-,29-/m1/s1. The number of nitrogens with zero attached hydrogens (tertiary/aromatic N) is 4. The van der Waals surface area contributed by atoms with E-state index in [1.807, 2.05) is 0 Å². The number of hydrogen-bond acceptors (Lipinski definition) is 8. The van der Waals surface area contributed by atoms with Gasteiger partial charge in [0.25, 0.3) is 5.91 Å². The molecule has 220 valence electrons. The molecule has 0 aromatic heterocycles. The van der Waals surface area contributed by atoms with Crippen molar-refractivity contribution in [1.29, 1.82) is 0 Å². The van der Waals surface area contributed by atoms with Crippen LogP contribution in [0.15, 0.2) is 76.8 Å². The van der Waals surface area contributed by atoms with Crippen LogP contribution in [0.2, 0.25) is 10.0 Å². The van der Waals surface area contributed by atoms with Gasteiger partial charge in [0.1, 0.15) is 5.75 Å². The Kier molecular flexibility index (Phi) is 10.6. The minimum Gasteiger partial charge on any atom is -0.494 e. The first-order valence-electron chi connectivity index (χ1n) is 13.1. The smallest absolute Gasteiger partial charge is 0.253 e. The molecule has 11 nitrogen and oxygen atoms in total. The van der Waals surface area contributed by atoms with E-state index in [0.29, 0.717) is 46.2 Å². The summed E-state index contributed by atoms with van der Waals surface area (Å²) in [6, 6.07) is 17.4. The quantitative estimate of drug-likeness (QED) is 0.0944. The maximum atomic E-state index is 14.2. The molecule has 0 bridgehead atoms. The first-order valence-corrected chi connectivity index (χ1v) is 13.8. The van der Waals surface area contributed by atoms with E-state index in [-0.39, 0.29) is 23.9 Å². The Hall–Kier alpha value is -3.83. The minimum absolute atomic E-state index is 0.0117. The molecule has 3 aromatic rings. The number of amides is 1. The number of hydrogen-bond donors (Lipinski definition) is 4. The molecule has 1 aliphatic rings. The van der Waals surface area contributed by atoms with E-state index in [1.165, 1.54) is 6.07 Å². The summed E-state index contributed by atoms with van der Waals surface area (Å²) in [5, 5.41) is 35.5. The average Bonchev–Trinajstić information content (AvgIpc) is 3.37. The zero-order valence-electron chi connectivity index (χ0n) is 22.4. The van der Waals surface area contributed by atoms with Gasteiger partial charge < -0.3 is 30.1 Å². The van der Waals surface area contributed by atoms with Crippen molar-refractivity contribution in [3.63, 3.8) is 0 Å². The highest BCUT2D eigenvalue weighted by atomic mass is 35.5. The summed E-state index contributed by atoms with van der Waals surface area (Å²) in [6.07, 6.45) is -0.693. The molecule has 42 heavy (non-hydrogen) atoms. The third-order valence-electron chi connectivity index (χ3n) is 6.65. The number of aliphatic hydroxyl groups is 3. The molecule has 1 amide bonds. The maximum Gasteiger partial charge on any atom is 0.253 e. The Morgan fingerprint density at radius 3 is 2.52 bits per heavy atom. The van der Waals surface area contributed by atoms with Crippen LogP contribution in [0.25, 0.3) is 10.4 Å². The number of nitrogens with one attached hydrogen (secondary N) is 1. The predicted molar refractivity (Wildman–Crippen MR) is 158 cm³/mol. The number of aliphatic imine (C=N–C) groups is 1. The SMILES string of the molecule is [N-]=[N+]=Nc1ccccc1C[C@@]1(C(=O)NC(CO)CO)N=C(c2ccc(OCCCO)cc2)O[C@@H]1c1ccc(Cl)cc1Cl. The van der Waals surface area contributed by atoms with E-state index in [2.05, 4.69) is 15.3 Å². The van der Waals surface area contributed by atoms with Crippen molar-refractivity contribution in [3.8, 4) is 5.75 Å². The van der Waals surface area contributed by atoms with Gasteiger partial charge in [0.05, 0.1) is 25.9 Å².